The average molecular weight is 417 g/mol. The minimum absolute atomic E-state index is 0.0334. The summed E-state index contributed by atoms with van der Waals surface area (Å²) in [5, 5.41) is 0. The van der Waals surface area contributed by atoms with Gasteiger partial charge in [0.1, 0.15) is 18.2 Å². The van der Waals surface area contributed by atoms with Crippen LogP contribution in [0.15, 0.2) is 58.7 Å². The Hall–Kier alpha value is -2.65. The largest absolute Gasteiger partial charge is 0.492 e. The first-order valence-corrected chi connectivity index (χ1v) is 11.3. The predicted molar refractivity (Wildman–Crippen MR) is 110 cm³/mol. The first kappa shape index (κ1) is 19.7. The number of benzene rings is 1. The number of amidine groups is 1. The number of carbonyl (C=O) groups excluding carboxylic acids is 1. The zero-order valence-electron chi connectivity index (χ0n) is 16.1. The molecule has 9 heteroatoms. The van der Waals surface area contributed by atoms with Crippen molar-refractivity contribution in [2.45, 2.75) is 0 Å². The molecule has 0 saturated carbocycles. The van der Waals surface area contributed by atoms with E-state index in [1.807, 2.05) is 35.2 Å². The first-order valence-electron chi connectivity index (χ1n) is 9.69. The lowest BCUT2D eigenvalue weighted by Crippen LogP contribution is -2.50. The Morgan fingerprint density at radius 1 is 1.03 bits per heavy atom. The second-order valence-electron chi connectivity index (χ2n) is 7.14. The molecule has 0 atom stereocenters. The normalized spacial score (nSPS) is 21.2. The Morgan fingerprint density at radius 3 is 2.55 bits per heavy atom. The van der Waals surface area contributed by atoms with Crippen LogP contribution in [0.3, 0.4) is 0 Å². The molecule has 3 heterocycles. The Kier molecular flexibility index (Phi) is 5.68. The van der Waals surface area contributed by atoms with Crippen molar-refractivity contribution in [2.24, 2.45) is 4.40 Å². The van der Waals surface area contributed by atoms with Crippen LogP contribution in [0.1, 0.15) is 0 Å². The quantitative estimate of drug-likeness (QED) is 0.703. The highest BCUT2D eigenvalue weighted by atomic mass is 32.2. The van der Waals surface area contributed by atoms with Crippen LogP contribution in [-0.2, 0) is 14.8 Å². The van der Waals surface area contributed by atoms with Crippen molar-refractivity contribution in [1.29, 1.82) is 0 Å². The van der Waals surface area contributed by atoms with Crippen molar-refractivity contribution < 1.29 is 17.9 Å². The topological polar surface area (TPSA) is 82.5 Å². The lowest BCUT2D eigenvalue weighted by Gasteiger charge is -2.35. The summed E-state index contributed by atoms with van der Waals surface area (Å²) in [5.74, 6) is 1.17. The van der Waals surface area contributed by atoms with E-state index in [-0.39, 0.29) is 11.7 Å². The molecule has 0 aliphatic carbocycles. The van der Waals surface area contributed by atoms with Crippen molar-refractivity contribution in [3.63, 3.8) is 0 Å². The molecule has 0 spiro atoms. The lowest BCUT2D eigenvalue weighted by atomic mass is 10.1. The van der Waals surface area contributed by atoms with Gasteiger partial charge in [0.25, 0.3) is 15.9 Å². The maximum Gasteiger partial charge on any atom is 0.256 e. The molecule has 29 heavy (non-hydrogen) atoms. The number of hydrogen-bond acceptors (Lipinski definition) is 6. The van der Waals surface area contributed by atoms with Gasteiger partial charge in [0, 0.05) is 45.5 Å². The van der Waals surface area contributed by atoms with Gasteiger partial charge in [-0.2, -0.15) is 0 Å². The van der Waals surface area contributed by atoms with E-state index in [1.165, 1.54) is 0 Å². The van der Waals surface area contributed by atoms with Crippen molar-refractivity contribution in [2.75, 3.05) is 51.6 Å². The summed E-state index contributed by atoms with van der Waals surface area (Å²) in [7, 11) is -3.39. The number of rotatable bonds is 5. The molecule has 1 amide bonds. The first-order chi connectivity index (χ1) is 14.0. The van der Waals surface area contributed by atoms with Crippen LogP contribution in [-0.4, -0.2) is 86.5 Å². The average Bonchev–Trinajstić information content (AvgIpc) is 2.73. The van der Waals surface area contributed by atoms with E-state index in [1.54, 1.807) is 23.3 Å². The van der Waals surface area contributed by atoms with Gasteiger partial charge in [-0.15, -0.1) is 4.40 Å². The SMILES string of the molecule is O=C(C1=CN2CCS(=O)(=O)N=C2C=C1)N1CCN(CCOc2ccccc2)CC1. The third-order valence-corrected chi connectivity index (χ3v) is 6.31. The third-order valence-electron chi connectivity index (χ3n) is 5.15. The van der Waals surface area contributed by atoms with Gasteiger partial charge in [-0.25, -0.2) is 8.42 Å². The summed E-state index contributed by atoms with van der Waals surface area (Å²) in [6, 6.07) is 9.74. The molecule has 154 valence electrons. The minimum atomic E-state index is -3.39. The standard InChI is InChI=1S/C20H24N4O4S/c25-20(17-6-7-19-21-29(26,27)15-13-24(19)16-17)23-10-8-22(9-11-23)12-14-28-18-4-2-1-3-5-18/h1-7,16H,8-15H2. The molecule has 0 N–H and O–H groups in total. The molecule has 8 nitrogen and oxygen atoms in total. The Morgan fingerprint density at radius 2 is 1.79 bits per heavy atom. The van der Waals surface area contributed by atoms with Crippen LogP contribution in [0.5, 0.6) is 5.75 Å². The number of hydrogen-bond donors (Lipinski definition) is 0. The van der Waals surface area contributed by atoms with Gasteiger partial charge in [-0.3, -0.25) is 9.69 Å². The van der Waals surface area contributed by atoms with Crippen LogP contribution in [0, 0.1) is 0 Å². The molecule has 1 aromatic carbocycles. The molecule has 4 rings (SSSR count). The van der Waals surface area contributed by atoms with Gasteiger partial charge in [-0.05, 0) is 24.3 Å². The van der Waals surface area contributed by atoms with Crippen molar-refractivity contribution in [1.82, 2.24) is 14.7 Å². The smallest absolute Gasteiger partial charge is 0.256 e. The van der Waals surface area contributed by atoms with E-state index >= 15 is 0 Å². The van der Waals surface area contributed by atoms with E-state index in [0.29, 0.717) is 37.6 Å². The Labute approximate surface area is 170 Å². The molecule has 0 bridgehead atoms. The van der Waals surface area contributed by atoms with Gasteiger partial charge in [0.05, 0.1) is 11.3 Å². The van der Waals surface area contributed by atoms with Crippen LogP contribution in [0.2, 0.25) is 0 Å². The molecule has 0 radical (unpaired) electrons. The molecule has 1 aromatic rings. The van der Waals surface area contributed by atoms with Crippen LogP contribution >= 0.6 is 0 Å². The molecular weight excluding hydrogens is 392 g/mol. The van der Waals surface area contributed by atoms with Gasteiger partial charge in [0.15, 0.2) is 0 Å². The van der Waals surface area contributed by atoms with Crippen molar-refractivity contribution in [3.05, 3.63) is 54.3 Å². The second-order valence-corrected chi connectivity index (χ2v) is 8.90. The van der Waals surface area contributed by atoms with Crippen LogP contribution in [0.25, 0.3) is 0 Å². The molecule has 0 aromatic heterocycles. The summed E-state index contributed by atoms with van der Waals surface area (Å²) in [6.45, 7) is 4.67. The van der Waals surface area contributed by atoms with Gasteiger partial charge in [-0.1, -0.05) is 18.2 Å². The van der Waals surface area contributed by atoms with Gasteiger partial charge in [0.2, 0.25) is 0 Å². The van der Waals surface area contributed by atoms with E-state index in [4.69, 9.17) is 4.74 Å². The zero-order valence-corrected chi connectivity index (χ0v) is 16.9. The number of sulfonamides is 1. The number of piperazine rings is 1. The van der Waals surface area contributed by atoms with E-state index in [0.717, 1.165) is 25.4 Å². The highest BCUT2D eigenvalue weighted by molar-refractivity contribution is 7.90. The fraction of sp³-hybridized carbons (Fsp3) is 0.400. The number of fused-ring (bicyclic) bond motifs is 1. The fourth-order valence-corrected chi connectivity index (χ4v) is 4.46. The minimum Gasteiger partial charge on any atom is -0.492 e. The molecule has 1 fully saturated rings. The molecule has 0 unspecified atom stereocenters. The van der Waals surface area contributed by atoms with E-state index in [9.17, 15) is 13.2 Å². The number of para-hydroxylation sites is 1. The maximum absolute atomic E-state index is 12.8. The highest BCUT2D eigenvalue weighted by Crippen LogP contribution is 2.18. The third kappa shape index (κ3) is 4.86. The molecular formula is C20H24N4O4S. The highest BCUT2D eigenvalue weighted by Gasteiger charge is 2.28. The summed E-state index contributed by atoms with van der Waals surface area (Å²) < 4.78 is 32.7. The van der Waals surface area contributed by atoms with Crippen LogP contribution < -0.4 is 4.74 Å². The summed E-state index contributed by atoms with van der Waals surface area (Å²) in [4.78, 5) is 18.7. The number of ether oxygens (including phenoxy) is 1. The number of carbonyl (C=O) groups is 1. The number of amides is 1. The maximum atomic E-state index is 12.8. The monoisotopic (exact) mass is 416 g/mol. The summed E-state index contributed by atoms with van der Waals surface area (Å²) in [5.41, 5.74) is 0.559. The molecule has 1 saturated heterocycles. The number of nitrogens with zero attached hydrogens (tertiary/aromatic N) is 4. The summed E-state index contributed by atoms with van der Waals surface area (Å²) in [6.07, 6.45) is 4.95. The lowest BCUT2D eigenvalue weighted by molar-refractivity contribution is -0.128. The van der Waals surface area contributed by atoms with Crippen molar-refractivity contribution >= 4 is 21.8 Å². The fourth-order valence-electron chi connectivity index (χ4n) is 3.49. The zero-order chi connectivity index (χ0) is 20.3. The second kappa shape index (κ2) is 8.38. The van der Waals surface area contributed by atoms with E-state index < -0.39 is 10.0 Å². The van der Waals surface area contributed by atoms with Crippen LogP contribution in [0.4, 0.5) is 0 Å². The Balaban J connectivity index is 1.26. The Bertz CT molecular complexity index is 948. The van der Waals surface area contributed by atoms with E-state index in [2.05, 4.69) is 9.30 Å². The van der Waals surface area contributed by atoms with Gasteiger partial charge >= 0.3 is 0 Å². The molecule has 3 aliphatic rings. The predicted octanol–water partition coefficient (Wildman–Crippen LogP) is 0.707. The summed E-state index contributed by atoms with van der Waals surface area (Å²) >= 11 is 0. The van der Waals surface area contributed by atoms with Crippen molar-refractivity contribution in [3.8, 4) is 5.75 Å². The van der Waals surface area contributed by atoms with Gasteiger partial charge < -0.3 is 14.5 Å². The molecule has 3 aliphatic heterocycles.